The molecule has 2 heterocycles. The third-order valence-electron chi connectivity index (χ3n) is 4.94. The first-order valence-electron chi connectivity index (χ1n) is 10.3. The largest absolute Gasteiger partial charge is 0.457 e. The number of carbonyl (C=O) groups is 1. The molecule has 0 saturated heterocycles. The molecule has 0 aliphatic heterocycles. The highest BCUT2D eigenvalue weighted by Gasteiger charge is 2.22. The Morgan fingerprint density at radius 2 is 1.67 bits per heavy atom. The molecule has 3 aromatic carbocycles. The van der Waals surface area contributed by atoms with E-state index in [1.54, 1.807) is 35.4 Å². The van der Waals surface area contributed by atoms with Gasteiger partial charge >= 0.3 is 0 Å². The van der Waals surface area contributed by atoms with Gasteiger partial charge in [0.05, 0.1) is 22.5 Å². The number of ether oxygens (including phenoxy) is 1. The first kappa shape index (κ1) is 21.3. The molecular formula is C26H18BrN3O2S. The Morgan fingerprint density at radius 1 is 0.909 bits per heavy atom. The fourth-order valence-electron chi connectivity index (χ4n) is 3.33. The number of carbonyl (C=O) groups excluding carboxylic acids is 1. The molecule has 5 aromatic rings. The lowest BCUT2D eigenvalue weighted by Gasteiger charge is -2.19. The van der Waals surface area contributed by atoms with Crippen LogP contribution in [0.25, 0.3) is 10.2 Å². The van der Waals surface area contributed by atoms with Crippen LogP contribution in [0, 0.1) is 0 Å². The van der Waals surface area contributed by atoms with Crippen molar-refractivity contribution in [2.45, 2.75) is 6.54 Å². The zero-order chi connectivity index (χ0) is 22.6. The number of pyridine rings is 1. The van der Waals surface area contributed by atoms with E-state index in [1.165, 1.54) is 11.3 Å². The van der Waals surface area contributed by atoms with Crippen LogP contribution in [0.4, 0.5) is 5.13 Å². The molecule has 0 aliphatic rings. The van der Waals surface area contributed by atoms with Crippen LogP contribution in [0.15, 0.2) is 102 Å². The minimum Gasteiger partial charge on any atom is -0.457 e. The predicted molar refractivity (Wildman–Crippen MR) is 135 cm³/mol. The van der Waals surface area contributed by atoms with Gasteiger partial charge in [-0.25, -0.2) is 4.98 Å². The second-order valence-electron chi connectivity index (χ2n) is 7.26. The van der Waals surface area contributed by atoms with Crippen LogP contribution in [0.1, 0.15) is 16.1 Å². The van der Waals surface area contributed by atoms with E-state index in [-0.39, 0.29) is 5.91 Å². The molecule has 0 bridgehead atoms. The molecule has 33 heavy (non-hydrogen) atoms. The van der Waals surface area contributed by atoms with Crippen molar-refractivity contribution < 1.29 is 9.53 Å². The number of amides is 1. The highest BCUT2D eigenvalue weighted by Crippen LogP contribution is 2.32. The number of hydrogen-bond donors (Lipinski definition) is 0. The molecule has 0 radical (unpaired) electrons. The van der Waals surface area contributed by atoms with Crippen LogP contribution in [-0.4, -0.2) is 15.9 Å². The first-order chi connectivity index (χ1) is 16.2. The average molecular weight is 516 g/mol. The quantitative estimate of drug-likeness (QED) is 0.242. The molecule has 0 aliphatic carbocycles. The average Bonchev–Trinajstić information content (AvgIpc) is 3.27. The molecule has 0 spiro atoms. The summed E-state index contributed by atoms with van der Waals surface area (Å²) in [5.74, 6) is 1.26. The first-order valence-corrected chi connectivity index (χ1v) is 11.9. The Bertz CT molecular complexity index is 1390. The molecule has 0 fully saturated rings. The molecule has 162 valence electrons. The maximum atomic E-state index is 13.6. The van der Waals surface area contributed by atoms with Gasteiger partial charge in [0.15, 0.2) is 5.13 Å². The topological polar surface area (TPSA) is 55.3 Å². The number of nitrogens with zero attached hydrogens (tertiary/aromatic N) is 3. The standard InChI is InChI=1S/C26H18BrN3O2S/c27-19-11-14-23-24(16-19)33-26(29-23)30(17-20-6-4-5-15-28-20)25(31)18-9-12-22(13-10-18)32-21-7-2-1-3-8-21/h1-16H,17H2. The van der Waals surface area contributed by atoms with Crippen LogP contribution < -0.4 is 9.64 Å². The molecule has 2 aromatic heterocycles. The maximum absolute atomic E-state index is 13.6. The van der Waals surface area contributed by atoms with E-state index in [9.17, 15) is 4.79 Å². The zero-order valence-electron chi connectivity index (χ0n) is 17.4. The van der Waals surface area contributed by atoms with Crippen molar-refractivity contribution in [1.82, 2.24) is 9.97 Å². The number of anilines is 1. The number of aromatic nitrogens is 2. The van der Waals surface area contributed by atoms with Gasteiger partial charge in [0.1, 0.15) is 11.5 Å². The third kappa shape index (κ3) is 4.94. The van der Waals surface area contributed by atoms with E-state index in [0.717, 1.165) is 26.1 Å². The lowest BCUT2D eigenvalue weighted by atomic mass is 10.2. The molecule has 5 rings (SSSR count). The Kier molecular flexibility index (Phi) is 6.15. The van der Waals surface area contributed by atoms with Crippen LogP contribution in [-0.2, 0) is 6.54 Å². The van der Waals surface area contributed by atoms with Gasteiger partial charge in [-0.15, -0.1) is 0 Å². The molecular weight excluding hydrogens is 498 g/mol. The minimum absolute atomic E-state index is 0.148. The van der Waals surface area contributed by atoms with Gasteiger partial charge in [-0.2, -0.15) is 0 Å². The summed E-state index contributed by atoms with van der Waals surface area (Å²) in [5, 5.41) is 0.628. The van der Waals surface area contributed by atoms with E-state index in [2.05, 4.69) is 20.9 Å². The third-order valence-corrected chi connectivity index (χ3v) is 6.48. The molecule has 0 saturated carbocycles. The van der Waals surface area contributed by atoms with Gasteiger partial charge in [0, 0.05) is 16.2 Å². The SMILES string of the molecule is O=C(c1ccc(Oc2ccccc2)cc1)N(Cc1ccccn1)c1nc2ccc(Br)cc2s1. The van der Waals surface area contributed by atoms with Crippen molar-refractivity contribution in [3.8, 4) is 11.5 Å². The number of hydrogen-bond acceptors (Lipinski definition) is 5. The summed E-state index contributed by atoms with van der Waals surface area (Å²) in [6.45, 7) is 0.322. The molecule has 7 heteroatoms. The van der Waals surface area contributed by atoms with Gasteiger partial charge in [-0.1, -0.05) is 51.5 Å². The van der Waals surface area contributed by atoms with Gasteiger partial charge in [-0.3, -0.25) is 14.7 Å². The van der Waals surface area contributed by atoms with E-state index in [1.807, 2.05) is 66.7 Å². The molecule has 1 amide bonds. The maximum Gasteiger partial charge on any atom is 0.260 e. The monoisotopic (exact) mass is 515 g/mol. The normalized spacial score (nSPS) is 10.8. The zero-order valence-corrected chi connectivity index (χ0v) is 19.8. The molecule has 0 atom stereocenters. The minimum atomic E-state index is -0.148. The van der Waals surface area contributed by atoms with Crippen molar-refractivity contribution in [2.24, 2.45) is 0 Å². The van der Waals surface area contributed by atoms with Gasteiger partial charge < -0.3 is 4.74 Å². The highest BCUT2D eigenvalue weighted by molar-refractivity contribution is 9.10. The Hall–Kier alpha value is -3.55. The van der Waals surface area contributed by atoms with Gasteiger partial charge in [0.25, 0.3) is 5.91 Å². The van der Waals surface area contributed by atoms with Crippen molar-refractivity contribution in [2.75, 3.05) is 4.90 Å². The van der Waals surface area contributed by atoms with Crippen LogP contribution in [0.2, 0.25) is 0 Å². The number of halogens is 1. The van der Waals surface area contributed by atoms with E-state index in [0.29, 0.717) is 23.0 Å². The highest BCUT2D eigenvalue weighted by atomic mass is 79.9. The summed E-state index contributed by atoms with van der Waals surface area (Å²) < 4.78 is 7.83. The van der Waals surface area contributed by atoms with Gasteiger partial charge in [0.2, 0.25) is 0 Å². The Morgan fingerprint density at radius 3 is 2.42 bits per heavy atom. The number of fused-ring (bicyclic) bond motifs is 1. The van der Waals surface area contributed by atoms with Crippen LogP contribution in [0.5, 0.6) is 11.5 Å². The lowest BCUT2D eigenvalue weighted by Crippen LogP contribution is -2.30. The number of para-hydroxylation sites is 1. The van der Waals surface area contributed by atoms with Crippen molar-refractivity contribution in [1.29, 1.82) is 0 Å². The van der Waals surface area contributed by atoms with Crippen LogP contribution >= 0.6 is 27.3 Å². The second-order valence-corrected chi connectivity index (χ2v) is 9.19. The summed E-state index contributed by atoms with van der Waals surface area (Å²) >= 11 is 4.98. The summed E-state index contributed by atoms with van der Waals surface area (Å²) in [7, 11) is 0. The fraction of sp³-hybridized carbons (Fsp3) is 0.0385. The fourth-order valence-corrected chi connectivity index (χ4v) is 4.84. The van der Waals surface area contributed by atoms with Crippen molar-refractivity contribution >= 4 is 48.5 Å². The van der Waals surface area contributed by atoms with Crippen molar-refractivity contribution in [3.63, 3.8) is 0 Å². The summed E-state index contributed by atoms with van der Waals surface area (Å²) in [5.41, 5.74) is 2.19. The van der Waals surface area contributed by atoms with Crippen LogP contribution in [0.3, 0.4) is 0 Å². The van der Waals surface area contributed by atoms with Gasteiger partial charge in [-0.05, 0) is 66.7 Å². The lowest BCUT2D eigenvalue weighted by molar-refractivity contribution is 0.0985. The van der Waals surface area contributed by atoms with E-state index >= 15 is 0 Å². The Labute approximate surface area is 203 Å². The smallest absolute Gasteiger partial charge is 0.260 e. The second kappa shape index (κ2) is 9.52. The van der Waals surface area contributed by atoms with E-state index < -0.39 is 0 Å². The number of benzene rings is 3. The Balaban J connectivity index is 1.45. The summed E-state index contributed by atoms with van der Waals surface area (Å²) in [6, 6.07) is 28.3. The molecule has 0 unspecified atom stereocenters. The summed E-state index contributed by atoms with van der Waals surface area (Å²) in [4.78, 5) is 24.4. The van der Waals surface area contributed by atoms with E-state index in [4.69, 9.17) is 9.72 Å². The number of rotatable bonds is 6. The predicted octanol–water partition coefficient (Wildman–Crippen LogP) is 7.09. The van der Waals surface area contributed by atoms with Crippen molar-refractivity contribution in [3.05, 3.63) is 113 Å². The summed E-state index contributed by atoms with van der Waals surface area (Å²) in [6.07, 6.45) is 1.73. The molecule has 0 N–H and O–H groups in total. The molecule has 5 nitrogen and oxygen atoms in total. The number of thiazole rings is 1.